The van der Waals surface area contributed by atoms with Gasteiger partial charge in [0.05, 0.1) is 5.52 Å². The van der Waals surface area contributed by atoms with Gasteiger partial charge < -0.3 is 5.32 Å². The number of nitrogens with zero attached hydrogens (tertiary/aromatic N) is 1. The van der Waals surface area contributed by atoms with Crippen molar-refractivity contribution in [1.29, 1.82) is 0 Å². The zero-order chi connectivity index (χ0) is 14.8. The number of halogens is 3. The fraction of sp³-hybridized carbons (Fsp3) is 0.0625. The molecule has 1 aromatic heterocycles. The summed E-state index contributed by atoms with van der Waals surface area (Å²) in [5.41, 5.74) is 2.89. The molecule has 0 saturated carbocycles. The van der Waals surface area contributed by atoms with Crippen LogP contribution in [-0.4, -0.2) is 4.98 Å². The van der Waals surface area contributed by atoms with Crippen molar-refractivity contribution >= 4 is 48.5 Å². The molecule has 0 aliphatic carbocycles. The standard InChI is InChI=1S/C16H11Br2FN2/c17-13-5-3-10(16-12(13)2-1-7-20-16)9-21-15-6-4-11(19)8-14(15)18/h1-8,21H,9H2. The minimum absolute atomic E-state index is 0.261. The van der Waals surface area contributed by atoms with Crippen molar-refractivity contribution in [3.05, 3.63) is 69.0 Å². The number of hydrogen-bond donors (Lipinski definition) is 1. The Hall–Kier alpha value is -1.46. The lowest BCUT2D eigenvalue weighted by Gasteiger charge is -2.11. The van der Waals surface area contributed by atoms with Crippen molar-refractivity contribution in [2.45, 2.75) is 6.54 Å². The highest BCUT2D eigenvalue weighted by Crippen LogP contribution is 2.27. The highest BCUT2D eigenvalue weighted by molar-refractivity contribution is 9.11. The molecule has 3 aromatic rings. The van der Waals surface area contributed by atoms with E-state index in [1.807, 2.05) is 24.3 Å². The summed E-state index contributed by atoms with van der Waals surface area (Å²) >= 11 is 6.89. The van der Waals surface area contributed by atoms with Crippen LogP contribution in [0.5, 0.6) is 0 Å². The molecule has 0 radical (unpaired) electrons. The third-order valence-corrected chi connectivity index (χ3v) is 4.55. The lowest BCUT2D eigenvalue weighted by Crippen LogP contribution is -2.02. The van der Waals surface area contributed by atoms with Crippen LogP contribution in [-0.2, 0) is 6.54 Å². The van der Waals surface area contributed by atoms with Crippen LogP contribution >= 0.6 is 31.9 Å². The van der Waals surface area contributed by atoms with E-state index in [2.05, 4.69) is 42.2 Å². The van der Waals surface area contributed by atoms with Gasteiger partial charge in [0.2, 0.25) is 0 Å². The maximum absolute atomic E-state index is 13.1. The van der Waals surface area contributed by atoms with E-state index in [9.17, 15) is 4.39 Å². The number of benzene rings is 2. The Morgan fingerprint density at radius 3 is 2.71 bits per heavy atom. The smallest absolute Gasteiger partial charge is 0.124 e. The molecule has 0 unspecified atom stereocenters. The van der Waals surface area contributed by atoms with Gasteiger partial charge in [0, 0.05) is 32.8 Å². The topological polar surface area (TPSA) is 24.9 Å². The molecule has 0 fully saturated rings. The van der Waals surface area contributed by atoms with Crippen LogP contribution < -0.4 is 5.32 Å². The van der Waals surface area contributed by atoms with E-state index in [0.29, 0.717) is 11.0 Å². The molecule has 0 aliphatic rings. The predicted octanol–water partition coefficient (Wildman–Crippen LogP) is 5.51. The van der Waals surface area contributed by atoms with Gasteiger partial charge in [-0.05, 0) is 51.8 Å². The number of aromatic nitrogens is 1. The molecule has 2 nitrogen and oxygen atoms in total. The fourth-order valence-electron chi connectivity index (χ4n) is 2.16. The molecule has 2 aromatic carbocycles. The van der Waals surface area contributed by atoms with Crippen LogP contribution in [0.3, 0.4) is 0 Å². The van der Waals surface area contributed by atoms with Gasteiger partial charge in [0.25, 0.3) is 0 Å². The SMILES string of the molecule is Fc1ccc(NCc2ccc(Br)c3cccnc23)c(Br)c1. The molecule has 0 saturated heterocycles. The van der Waals surface area contributed by atoms with E-state index in [4.69, 9.17) is 0 Å². The number of nitrogens with one attached hydrogen (secondary N) is 1. The van der Waals surface area contributed by atoms with Crippen LogP contribution in [0.4, 0.5) is 10.1 Å². The minimum Gasteiger partial charge on any atom is -0.380 e. The summed E-state index contributed by atoms with van der Waals surface area (Å²) in [4.78, 5) is 4.45. The van der Waals surface area contributed by atoms with Crippen LogP contribution in [0.2, 0.25) is 0 Å². The molecule has 0 aliphatic heterocycles. The monoisotopic (exact) mass is 408 g/mol. The highest BCUT2D eigenvalue weighted by Gasteiger charge is 2.06. The van der Waals surface area contributed by atoms with Gasteiger partial charge in [-0.2, -0.15) is 0 Å². The van der Waals surface area contributed by atoms with Crippen LogP contribution in [0.15, 0.2) is 57.6 Å². The van der Waals surface area contributed by atoms with Gasteiger partial charge in [0.1, 0.15) is 5.82 Å². The Morgan fingerprint density at radius 1 is 1.05 bits per heavy atom. The van der Waals surface area contributed by atoms with Crippen molar-refractivity contribution in [2.75, 3.05) is 5.32 Å². The van der Waals surface area contributed by atoms with Crippen molar-refractivity contribution in [1.82, 2.24) is 4.98 Å². The third-order valence-electron chi connectivity index (χ3n) is 3.20. The molecule has 106 valence electrons. The third kappa shape index (κ3) is 3.09. The first-order valence-corrected chi connectivity index (χ1v) is 7.95. The van der Waals surface area contributed by atoms with E-state index < -0.39 is 0 Å². The van der Waals surface area contributed by atoms with Crippen molar-refractivity contribution in [3.63, 3.8) is 0 Å². The van der Waals surface area contributed by atoms with E-state index >= 15 is 0 Å². The number of pyridine rings is 1. The normalized spacial score (nSPS) is 10.8. The summed E-state index contributed by atoms with van der Waals surface area (Å²) in [6.07, 6.45) is 1.78. The summed E-state index contributed by atoms with van der Waals surface area (Å²) < 4.78 is 14.8. The molecular formula is C16H11Br2FN2. The second kappa shape index (κ2) is 6.12. The van der Waals surface area contributed by atoms with Crippen molar-refractivity contribution in [2.24, 2.45) is 0 Å². The maximum Gasteiger partial charge on any atom is 0.124 e. The first-order chi connectivity index (χ1) is 10.1. The van der Waals surface area contributed by atoms with Crippen LogP contribution in [0, 0.1) is 5.82 Å². The second-order valence-electron chi connectivity index (χ2n) is 4.58. The van der Waals surface area contributed by atoms with Gasteiger partial charge in [0.15, 0.2) is 0 Å². The summed E-state index contributed by atoms with van der Waals surface area (Å²) in [7, 11) is 0. The van der Waals surface area contributed by atoms with E-state index in [1.165, 1.54) is 12.1 Å². The fourth-order valence-corrected chi connectivity index (χ4v) is 3.11. The van der Waals surface area contributed by atoms with E-state index in [-0.39, 0.29) is 5.82 Å². The summed E-state index contributed by atoms with van der Waals surface area (Å²) in [6.45, 7) is 0.616. The molecule has 5 heteroatoms. The lowest BCUT2D eigenvalue weighted by molar-refractivity contribution is 0.627. The Kier molecular flexibility index (Phi) is 4.22. The molecular weight excluding hydrogens is 399 g/mol. The van der Waals surface area contributed by atoms with Gasteiger partial charge in [-0.15, -0.1) is 0 Å². The number of anilines is 1. The van der Waals surface area contributed by atoms with Crippen molar-refractivity contribution < 1.29 is 4.39 Å². The van der Waals surface area contributed by atoms with E-state index in [1.54, 1.807) is 12.3 Å². The first kappa shape index (κ1) is 14.5. The van der Waals surface area contributed by atoms with Gasteiger partial charge >= 0.3 is 0 Å². The quantitative estimate of drug-likeness (QED) is 0.616. The number of fused-ring (bicyclic) bond motifs is 1. The average molecular weight is 410 g/mol. The largest absolute Gasteiger partial charge is 0.380 e. The van der Waals surface area contributed by atoms with Gasteiger partial charge in [-0.3, -0.25) is 4.98 Å². The van der Waals surface area contributed by atoms with Crippen LogP contribution in [0.1, 0.15) is 5.56 Å². The Balaban J connectivity index is 1.90. The first-order valence-electron chi connectivity index (χ1n) is 6.36. The van der Waals surface area contributed by atoms with Crippen molar-refractivity contribution in [3.8, 4) is 0 Å². The average Bonchev–Trinajstić information content (AvgIpc) is 2.48. The molecule has 21 heavy (non-hydrogen) atoms. The lowest BCUT2D eigenvalue weighted by atomic mass is 10.1. The second-order valence-corrected chi connectivity index (χ2v) is 6.29. The van der Waals surface area contributed by atoms with E-state index in [0.717, 1.165) is 26.6 Å². The highest BCUT2D eigenvalue weighted by atomic mass is 79.9. The molecule has 1 heterocycles. The molecule has 0 amide bonds. The number of hydrogen-bond acceptors (Lipinski definition) is 2. The Morgan fingerprint density at radius 2 is 1.90 bits per heavy atom. The van der Waals surface area contributed by atoms with Gasteiger partial charge in [-0.25, -0.2) is 4.39 Å². The summed E-state index contributed by atoms with van der Waals surface area (Å²) in [5, 5.41) is 4.38. The summed E-state index contributed by atoms with van der Waals surface area (Å²) in [6, 6.07) is 12.6. The molecule has 1 N–H and O–H groups in total. The predicted molar refractivity (Wildman–Crippen MR) is 90.9 cm³/mol. The van der Waals surface area contributed by atoms with Gasteiger partial charge in [-0.1, -0.05) is 28.1 Å². The molecule has 0 atom stereocenters. The molecule has 0 bridgehead atoms. The Bertz CT molecular complexity index is 805. The number of rotatable bonds is 3. The minimum atomic E-state index is -0.261. The Labute approximate surface area is 138 Å². The molecule has 3 rings (SSSR count). The zero-order valence-corrected chi connectivity index (χ0v) is 14.1. The zero-order valence-electron chi connectivity index (χ0n) is 10.9. The summed E-state index contributed by atoms with van der Waals surface area (Å²) in [5.74, 6) is -0.261. The molecule has 0 spiro atoms. The maximum atomic E-state index is 13.1. The van der Waals surface area contributed by atoms with Crippen LogP contribution in [0.25, 0.3) is 10.9 Å².